The summed E-state index contributed by atoms with van der Waals surface area (Å²) in [6.07, 6.45) is 5.58. The molecule has 5 rings (SSSR count). The van der Waals surface area contributed by atoms with Gasteiger partial charge in [0.05, 0.1) is 31.7 Å². The number of ether oxygens (including phenoxy) is 1. The Labute approximate surface area is 186 Å². The van der Waals surface area contributed by atoms with Crippen molar-refractivity contribution in [2.75, 3.05) is 12.0 Å². The van der Waals surface area contributed by atoms with Gasteiger partial charge in [0.2, 0.25) is 0 Å². The number of aromatic nitrogens is 2. The number of rotatable bonds is 6. The van der Waals surface area contributed by atoms with Crippen molar-refractivity contribution in [3.8, 4) is 5.75 Å². The Hall–Kier alpha value is -3.58. The minimum absolute atomic E-state index is 0.0977. The average Bonchev–Trinajstić information content (AvgIpc) is 3.55. The number of hydrogen-bond acceptors (Lipinski definition) is 4. The molecule has 1 N–H and O–H groups in total. The Morgan fingerprint density at radius 2 is 2.03 bits per heavy atom. The van der Waals surface area contributed by atoms with Gasteiger partial charge in [-0.05, 0) is 60.7 Å². The Balaban J connectivity index is 1.61. The van der Waals surface area contributed by atoms with E-state index >= 15 is 0 Å². The Bertz CT molecular complexity index is 1170. The average molecular weight is 431 g/mol. The highest BCUT2D eigenvalue weighted by Gasteiger charge is 2.42. The van der Waals surface area contributed by atoms with Gasteiger partial charge in [-0.15, -0.1) is 0 Å². The molecule has 1 saturated heterocycles. The van der Waals surface area contributed by atoms with E-state index in [9.17, 15) is 0 Å². The smallest absolute Gasteiger partial charge is 0.174 e. The molecule has 4 heterocycles. The predicted molar refractivity (Wildman–Crippen MR) is 123 cm³/mol. The molecule has 0 radical (unpaired) electrons. The number of thiocarbonyl (C=S) groups is 1. The van der Waals surface area contributed by atoms with Crippen LogP contribution in [-0.2, 0) is 6.54 Å². The van der Waals surface area contributed by atoms with Gasteiger partial charge in [0.15, 0.2) is 5.11 Å². The summed E-state index contributed by atoms with van der Waals surface area (Å²) in [5.74, 6) is 1.68. The fraction of sp³-hybridized carbons (Fsp3) is 0.167. The van der Waals surface area contributed by atoms with Crippen molar-refractivity contribution in [3.63, 3.8) is 0 Å². The monoisotopic (exact) mass is 430 g/mol. The first-order valence-corrected chi connectivity index (χ1v) is 10.5. The highest BCUT2D eigenvalue weighted by Crippen LogP contribution is 2.42. The summed E-state index contributed by atoms with van der Waals surface area (Å²) in [7, 11) is 1.67. The minimum Gasteiger partial charge on any atom is -0.497 e. The SMILES string of the molecule is COc1cccc(N2C(=S)N[C@H](c3ccccn3)[C@@H]2c2cccn2Cc2ccco2)c1. The molecule has 7 heteroatoms. The molecule has 31 heavy (non-hydrogen) atoms. The summed E-state index contributed by atoms with van der Waals surface area (Å²) in [6, 6.07) is 21.8. The summed E-state index contributed by atoms with van der Waals surface area (Å²) in [4.78, 5) is 6.77. The minimum atomic E-state index is -0.106. The summed E-state index contributed by atoms with van der Waals surface area (Å²) in [5, 5.41) is 4.15. The molecule has 0 spiro atoms. The number of pyridine rings is 1. The van der Waals surface area contributed by atoms with Crippen molar-refractivity contribution in [3.05, 3.63) is 103 Å². The van der Waals surface area contributed by atoms with E-state index in [4.69, 9.17) is 21.4 Å². The highest BCUT2D eigenvalue weighted by molar-refractivity contribution is 7.80. The van der Waals surface area contributed by atoms with E-state index in [0.29, 0.717) is 11.7 Å². The van der Waals surface area contributed by atoms with Crippen molar-refractivity contribution in [1.29, 1.82) is 0 Å². The lowest BCUT2D eigenvalue weighted by Gasteiger charge is -2.29. The van der Waals surface area contributed by atoms with E-state index < -0.39 is 0 Å². The molecule has 0 amide bonds. The topological polar surface area (TPSA) is 55.5 Å². The van der Waals surface area contributed by atoms with Crippen LogP contribution in [0.3, 0.4) is 0 Å². The van der Waals surface area contributed by atoms with Crippen molar-refractivity contribution >= 4 is 23.0 Å². The number of nitrogens with zero attached hydrogens (tertiary/aromatic N) is 3. The predicted octanol–water partition coefficient (Wildman–Crippen LogP) is 4.71. The highest BCUT2D eigenvalue weighted by atomic mass is 32.1. The standard InChI is InChI=1S/C24H22N4O2S/c1-29-18-8-4-7-17(15-18)28-23(22(26-24(28)31)20-10-2-3-12-25-20)21-11-5-13-27(21)16-19-9-6-14-30-19/h2-15,22-23H,16H2,1H3,(H,26,31)/t22-,23+/m1/s1. The van der Waals surface area contributed by atoms with Crippen LogP contribution in [-0.4, -0.2) is 21.8 Å². The molecule has 2 atom stereocenters. The maximum absolute atomic E-state index is 5.81. The molecule has 156 valence electrons. The molecule has 1 aliphatic rings. The third kappa shape index (κ3) is 3.68. The normalized spacial score (nSPS) is 18.2. The molecule has 1 fully saturated rings. The second kappa shape index (κ2) is 8.28. The Morgan fingerprint density at radius 3 is 2.81 bits per heavy atom. The van der Waals surface area contributed by atoms with Crippen LogP contribution in [0.5, 0.6) is 5.75 Å². The van der Waals surface area contributed by atoms with E-state index in [1.54, 1.807) is 13.4 Å². The molecule has 0 unspecified atom stereocenters. The molecule has 0 saturated carbocycles. The maximum atomic E-state index is 5.81. The van der Waals surface area contributed by atoms with E-state index in [1.807, 2.05) is 60.8 Å². The summed E-state index contributed by atoms with van der Waals surface area (Å²) < 4.78 is 13.3. The van der Waals surface area contributed by atoms with Crippen LogP contribution in [0.4, 0.5) is 5.69 Å². The number of methoxy groups -OCH3 is 1. The van der Waals surface area contributed by atoms with Gasteiger partial charge in [0, 0.05) is 29.8 Å². The van der Waals surface area contributed by atoms with E-state index in [1.165, 1.54) is 0 Å². The zero-order chi connectivity index (χ0) is 21.2. The first-order valence-electron chi connectivity index (χ1n) is 10.1. The first-order chi connectivity index (χ1) is 15.2. The van der Waals surface area contributed by atoms with Gasteiger partial charge < -0.3 is 23.9 Å². The zero-order valence-corrected chi connectivity index (χ0v) is 17.8. The number of hydrogen-bond donors (Lipinski definition) is 1. The second-order valence-corrected chi connectivity index (χ2v) is 7.73. The van der Waals surface area contributed by atoms with Crippen molar-refractivity contribution in [1.82, 2.24) is 14.9 Å². The molecule has 4 aromatic rings. The number of anilines is 1. The van der Waals surface area contributed by atoms with Crippen molar-refractivity contribution in [2.24, 2.45) is 0 Å². The largest absolute Gasteiger partial charge is 0.497 e. The lowest BCUT2D eigenvalue weighted by atomic mass is 10.0. The van der Waals surface area contributed by atoms with Gasteiger partial charge in [0.1, 0.15) is 17.6 Å². The van der Waals surface area contributed by atoms with E-state index in [0.717, 1.165) is 28.6 Å². The summed E-state index contributed by atoms with van der Waals surface area (Å²) in [6.45, 7) is 0.638. The van der Waals surface area contributed by atoms with Crippen LogP contribution in [0.15, 0.2) is 89.8 Å². The fourth-order valence-electron chi connectivity index (χ4n) is 4.10. The third-order valence-corrected chi connectivity index (χ3v) is 5.82. The van der Waals surface area contributed by atoms with Gasteiger partial charge in [0.25, 0.3) is 0 Å². The summed E-state index contributed by atoms with van der Waals surface area (Å²) in [5.41, 5.74) is 3.01. The Kier molecular flexibility index (Phi) is 5.18. The maximum Gasteiger partial charge on any atom is 0.174 e. The van der Waals surface area contributed by atoms with E-state index in [-0.39, 0.29) is 12.1 Å². The van der Waals surface area contributed by atoms with Crippen molar-refractivity contribution in [2.45, 2.75) is 18.6 Å². The molecule has 1 aromatic carbocycles. The fourth-order valence-corrected chi connectivity index (χ4v) is 4.45. The van der Waals surface area contributed by atoms with Crippen LogP contribution in [0, 0.1) is 0 Å². The van der Waals surface area contributed by atoms with Gasteiger partial charge in [-0.2, -0.15) is 0 Å². The zero-order valence-electron chi connectivity index (χ0n) is 17.0. The molecule has 0 bridgehead atoms. The molecule has 6 nitrogen and oxygen atoms in total. The molecule has 3 aromatic heterocycles. The van der Waals surface area contributed by atoms with Gasteiger partial charge in [-0.1, -0.05) is 12.1 Å². The van der Waals surface area contributed by atoms with Gasteiger partial charge in [-0.25, -0.2) is 0 Å². The first kappa shape index (κ1) is 19.4. The second-order valence-electron chi connectivity index (χ2n) is 7.34. The number of nitrogens with one attached hydrogen (secondary N) is 1. The van der Waals surface area contributed by atoms with Gasteiger partial charge in [-0.3, -0.25) is 4.98 Å². The molecule has 1 aliphatic heterocycles. The van der Waals surface area contributed by atoms with Gasteiger partial charge >= 0.3 is 0 Å². The molecular weight excluding hydrogens is 408 g/mol. The molecular formula is C24H22N4O2S. The van der Waals surface area contributed by atoms with Crippen LogP contribution in [0.1, 0.15) is 29.2 Å². The van der Waals surface area contributed by atoms with Crippen LogP contribution in [0.2, 0.25) is 0 Å². The van der Waals surface area contributed by atoms with Crippen LogP contribution >= 0.6 is 12.2 Å². The lowest BCUT2D eigenvalue weighted by Crippen LogP contribution is -2.30. The Morgan fingerprint density at radius 1 is 1.10 bits per heavy atom. The van der Waals surface area contributed by atoms with Crippen LogP contribution in [0.25, 0.3) is 0 Å². The number of furan rings is 1. The lowest BCUT2D eigenvalue weighted by molar-refractivity contribution is 0.414. The number of benzene rings is 1. The summed E-state index contributed by atoms with van der Waals surface area (Å²) >= 11 is 5.81. The van der Waals surface area contributed by atoms with Crippen LogP contribution < -0.4 is 15.0 Å². The van der Waals surface area contributed by atoms with Crippen molar-refractivity contribution < 1.29 is 9.15 Å². The quantitative estimate of drug-likeness (QED) is 0.447. The van der Waals surface area contributed by atoms with E-state index in [2.05, 4.69) is 38.1 Å². The molecule has 0 aliphatic carbocycles. The third-order valence-electron chi connectivity index (χ3n) is 5.50.